The lowest BCUT2D eigenvalue weighted by Crippen LogP contribution is -2.04. The van der Waals surface area contributed by atoms with Gasteiger partial charge in [0.25, 0.3) is 0 Å². The second kappa shape index (κ2) is 6.93. The van der Waals surface area contributed by atoms with Crippen molar-refractivity contribution in [2.45, 2.75) is 0 Å². The average Bonchev–Trinajstić information content (AvgIpc) is 2.55. The van der Waals surface area contributed by atoms with E-state index < -0.39 is 5.97 Å². The normalized spacial score (nSPS) is 9.43. The number of nitrogens with zero attached hydrogens (tertiary/aromatic N) is 4. The van der Waals surface area contributed by atoms with Gasteiger partial charge in [-0.15, -0.1) is 0 Å². The van der Waals surface area contributed by atoms with Gasteiger partial charge in [-0.2, -0.15) is 9.98 Å². The van der Waals surface area contributed by atoms with Crippen molar-refractivity contribution in [1.29, 1.82) is 0 Å². The van der Waals surface area contributed by atoms with Crippen LogP contribution in [0.4, 0.5) is 11.5 Å². The van der Waals surface area contributed by atoms with Crippen molar-refractivity contribution in [3.8, 4) is 5.75 Å². The van der Waals surface area contributed by atoms with E-state index in [0.717, 1.165) is 0 Å². The molecule has 0 aliphatic carbocycles. The van der Waals surface area contributed by atoms with Gasteiger partial charge < -0.3 is 9.47 Å². The monoisotopic (exact) mass is 284 g/mol. The van der Waals surface area contributed by atoms with Gasteiger partial charge in [-0.05, 0) is 12.1 Å². The number of carbonyl (C=O) groups excluding carboxylic acids is 1. The summed E-state index contributed by atoms with van der Waals surface area (Å²) in [6, 6.07) is 9.62. The van der Waals surface area contributed by atoms with Crippen LogP contribution in [-0.4, -0.2) is 36.2 Å². The molecule has 0 bridgehead atoms. The van der Waals surface area contributed by atoms with Crippen molar-refractivity contribution < 1.29 is 14.3 Å². The van der Waals surface area contributed by atoms with Crippen LogP contribution < -0.4 is 4.74 Å². The number of ether oxygens (including phenoxy) is 2. The number of hydrogen-bond donors (Lipinski definition) is 0. The minimum Gasteiger partial charge on any atom is -0.494 e. The number of benzene rings is 1. The van der Waals surface area contributed by atoms with Crippen LogP contribution in [0.3, 0.4) is 0 Å². The molecule has 0 saturated heterocycles. The molecule has 1 heterocycles. The fourth-order valence-corrected chi connectivity index (χ4v) is 1.50. The molecule has 7 heteroatoms. The van der Waals surface area contributed by atoms with Crippen LogP contribution in [0.25, 0.3) is 0 Å². The Bertz CT molecular complexity index is 709. The Balaban J connectivity index is 2.33. The van der Waals surface area contributed by atoms with Crippen molar-refractivity contribution >= 4 is 23.5 Å². The molecular weight excluding hydrogens is 272 g/mol. The molecule has 0 atom stereocenters. The highest BCUT2D eigenvalue weighted by Crippen LogP contribution is 2.25. The summed E-state index contributed by atoms with van der Waals surface area (Å²) in [4.78, 5) is 27.3. The summed E-state index contributed by atoms with van der Waals surface area (Å²) >= 11 is 0. The maximum absolute atomic E-state index is 11.5. The van der Waals surface area contributed by atoms with E-state index in [1.165, 1.54) is 19.5 Å². The van der Waals surface area contributed by atoms with Gasteiger partial charge >= 0.3 is 5.97 Å². The van der Waals surface area contributed by atoms with Gasteiger partial charge in [-0.1, -0.05) is 12.1 Å². The molecule has 0 aliphatic rings. The van der Waals surface area contributed by atoms with Crippen molar-refractivity contribution in [1.82, 2.24) is 9.97 Å². The molecule has 0 N–H and O–H groups in total. The van der Waals surface area contributed by atoms with E-state index >= 15 is 0 Å². The van der Waals surface area contributed by atoms with E-state index in [0.29, 0.717) is 11.4 Å². The molecule has 0 saturated carbocycles. The molecule has 0 amide bonds. The van der Waals surface area contributed by atoms with Gasteiger partial charge in [-0.3, -0.25) is 0 Å². The molecular formula is C14H12N4O3. The van der Waals surface area contributed by atoms with E-state index in [9.17, 15) is 4.79 Å². The SMILES string of the molecule is COC(=O)c1nccnc1N=C=Nc1ccccc1OC. The molecule has 2 rings (SSSR count). The zero-order valence-corrected chi connectivity index (χ0v) is 11.5. The minimum atomic E-state index is -0.624. The van der Waals surface area contributed by atoms with Gasteiger partial charge in [0.15, 0.2) is 11.5 Å². The summed E-state index contributed by atoms with van der Waals surface area (Å²) in [5, 5.41) is 0. The predicted molar refractivity (Wildman–Crippen MR) is 75.5 cm³/mol. The zero-order chi connectivity index (χ0) is 15.1. The van der Waals surface area contributed by atoms with Gasteiger partial charge in [-0.25, -0.2) is 14.8 Å². The lowest BCUT2D eigenvalue weighted by atomic mass is 10.3. The van der Waals surface area contributed by atoms with Gasteiger partial charge in [0.05, 0.1) is 14.2 Å². The van der Waals surface area contributed by atoms with Gasteiger partial charge in [0, 0.05) is 12.4 Å². The number of aromatic nitrogens is 2. The molecule has 0 spiro atoms. The van der Waals surface area contributed by atoms with E-state index in [1.807, 2.05) is 12.1 Å². The smallest absolute Gasteiger partial charge is 0.360 e. The second-order valence-corrected chi connectivity index (χ2v) is 3.72. The van der Waals surface area contributed by atoms with Crippen LogP contribution in [0.1, 0.15) is 10.5 Å². The Morgan fingerprint density at radius 3 is 2.67 bits per heavy atom. The second-order valence-electron chi connectivity index (χ2n) is 3.72. The molecule has 1 aromatic heterocycles. The molecule has 7 nitrogen and oxygen atoms in total. The Hall–Kier alpha value is -3.05. The summed E-state index contributed by atoms with van der Waals surface area (Å²) in [5.41, 5.74) is 0.565. The van der Waals surface area contributed by atoms with Crippen LogP contribution in [0, 0.1) is 0 Å². The number of esters is 1. The van der Waals surface area contributed by atoms with Crippen LogP contribution in [0.2, 0.25) is 0 Å². The maximum atomic E-state index is 11.5. The van der Waals surface area contributed by atoms with Crippen molar-refractivity contribution in [3.63, 3.8) is 0 Å². The van der Waals surface area contributed by atoms with Crippen molar-refractivity contribution in [3.05, 3.63) is 42.4 Å². The summed E-state index contributed by atoms with van der Waals surface area (Å²) < 4.78 is 9.75. The van der Waals surface area contributed by atoms with Crippen LogP contribution in [0.15, 0.2) is 46.6 Å². The molecule has 106 valence electrons. The van der Waals surface area contributed by atoms with Crippen molar-refractivity contribution in [2.24, 2.45) is 9.98 Å². The van der Waals surface area contributed by atoms with Gasteiger partial charge in [0.1, 0.15) is 17.4 Å². The number of aliphatic imine (C=N–C) groups is 2. The first-order valence-electron chi connectivity index (χ1n) is 5.95. The fraction of sp³-hybridized carbons (Fsp3) is 0.143. The van der Waals surface area contributed by atoms with Crippen LogP contribution in [-0.2, 0) is 4.74 Å². The third-order valence-corrected chi connectivity index (χ3v) is 2.47. The number of methoxy groups -OCH3 is 2. The van der Waals surface area contributed by atoms with E-state index in [2.05, 4.69) is 30.7 Å². The highest BCUT2D eigenvalue weighted by molar-refractivity contribution is 5.91. The lowest BCUT2D eigenvalue weighted by Gasteiger charge is -2.01. The highest BCUT2D eigenvalue weighted by atomic mass is 16.5. The summed E-state index contributed by atoms with van der Waals surface area (Å²) in [5.74, 6) is 0.0523. The van der Waals surface area contributed by atoms with Crippen LogP contribution in [0.5, 0.6) is 5.75 Å². The van der Waals surface area contributed by atoms with Gasteiger partial charge in [0.2, 0.25) is 0 Å². The molecule has 0 aliphatic heterocycles. The Labute approximate surface area is 121 Å². The van der Waals surface area contributed by atoms with Crippen molar-refractivity contribution in [2.75, 3.05) is 14.2 Å². The highest BCUT2D eigenvalue weighted by Gasteiger charge is 2.13. The average molecular weight is 284 g/mol. The fourth-order valence-electron chi connectivity index (χ4n) is 1.50. The Morgan fingerprint density at radius 1 is 1.14 bits per heavy atom. The quantitative estimate of drug-likeness (QED) is 0.635. The van der Waals surface area contributed by atoms with E-state index in [-0.39, 0.29) is 11.5 Å². The summed E-state index contributed by atoms with van der Waals surface area (Å²) in [7, 11) is 2.80. The number of hydrogen-bond acceptors (Lipinski definition) is 7. The largest absolute Gasteiger partial charge is 0.494 e. The molecule has 0 radical (unpaired) electrons. The first kappa shape index (κ1) is 14.4. The van der Waals surface area contributed by atoms with E-state index in [1.54, 1.807) is 19.2 Å². The third kappa shape index (κ3) is 3.49. The number of carbonyl (C=O) groups is 1. The third-order valence-electron chi connectivity index (χ3n) is 2.47. The number of para-hydroxylation sites is 2. The molecule has 1 aromatic carbocycles. The topological polar surface area (TPSA) is 86.0 Å². The maximum Gasteiger partial charge on any atom is 0.360 e. The van der Waals surface area contributed by atoms with Crippen LogP contribution >= 0.6 is 0 Å². The molecule has 0 unspecified atom stereocenters. The lowest BCUT2D eigenvalue weighted by molar-refractivity contribution is 0.0594. The number of rotatable bonds is 4. The standard InChI is InChI=1S/C14H12N4O3/c1-20-11-6-4-3-5-10(11)17-9-18-13-12(14(19)21-2)15-7-8-16-13/h3-8H,1-2H3. The summed E-state index contributed by atoms with van der Waals surface area (Å²) in [6.07, 6.45) is 2.79. The minimum absolute atomic E-state index is 0.00252. The molecule has 0 fully saturated rings. The first-order chi connectivity index (χ1) is 10.3. The first-order valence-corrected chi connectivity index (χ1v) is 5.95. The summed E-state index contributed by atoms with van der Waals surface area (Å²) in [6.45, 7) is 0. The predicted octanol–water partition coefficient (Wildman–Crippen LogP) is 2.41. The molecule has 21 heavy (non-hydrogen) atoms. The zero-order valence-electron chi connectivity index (χ0n) is 11.5. The Morgan fingerprint density at radius 2 is 1.90 bits per heavy atom. The van der Waals surface area contributed by atoms with E-state index in [4.69, 9.17) is 4.74 Å². The Kier molecular flexibility index (Phi) is 4.74. The molecule has 2 aromatic rings.